The number of hydrogen-bond acceptors (Lipinski definition) is 4. The van der Waals surface area contributed by atoms with E-state index in [1.807, 2.05) is 0 Å². The summed E-state index contributed by atoms with van der Waals surface area (Å²) in [6.07, 6.45) is 2.55. The first-order valence-electron chi connectivity index (χ1n) is 8.03. The lowest BCUT2D eigenvalue weighted by atomic mass is 10.0. The zero-order valence-corrected chi connectivity index (χ0v) is 13.8. The van der Waals surface area contributed by atoms with Crippen LogP contribution in [0.4, 0.5) is 8.78 Å². The molecule has 1 aromatic carbocycles. The van der Waals surface area contributed by atoms with Gasteiger partial charge in [-0.2, -0.15) is 0 Å². The lowest BCUT2D eigenvalue weighted by Gasteiger charge is -2.33. The average molecular weight is 344 g/mol. The molecule has 23 heavy (non-hydrogen) atoms. The molecule has 2 aliphatic heterocycles. The topological polar surface area (TPSA) is 49.4 Å². The monoisotopic (exact) mass is 344 g/mol. The molecule has 2 aliphatic rings. The second-order valence-corrected chi connectivity index (χ2v) is 8.82. The Bertz CT molecular complexity index is 638. The highest BCUT2D eigenvalue weighted by molar-refractivity contribution is 7.91. The smallest absolute Gasteiger partial charge is 0.151 e. The van der Waals surface area contributed by atoms with Gasteiger partial charge in [0.2, 0.25) is 0 Å². The number of nitrogens with one attached hydrogen (secondary N) is 1. The van der Waals surface area contributed by atoms with Crippen LogP contribution in [0, 0.1) is 11.6 Å². The van der Waals surface area contributed by atoms with Crippen LogP contribution in [-0.2, 0) is 16.4 Å². The molecule has 3 rings (SSSR count). The summed E-state index contributed by atoms with van der Waals surface area (Å²) in [5.74, 6) is -0.553. The van der Waals surface area contributed by atoms with Gasteiger partial charge in [0.25, 0.3) is 0 Å². The maximum atomic E-state index is 13.2. The van der Waals surface area contributed by atoms with Crippen molar-refractivity contribution in [1.82, 2.24) is 10.2 Å². The summed E-state index contributed by atoms with van der Waals surface area (Å²) in [6.45, 7) is 2.23. The fourth-order valence-electron chi connectivity index (χ4n) is 3.48. The third-order valence-corrected chi connectivity index (χ3v) is 6.39. The molecule has 0 unspecified atom stereocenters. The van der Waals surface area contributed by atoms with Crippen LogP contribution in [0.3, 0.4) is 0 Å². The first kappa shape index (κ1) is 16.8. The molecule has 2 heterocycles. The van der Waals surface area contributed by atoms with Crippen molar-refractivity contribution in [3.63, 3.8) is 0 Å². The molecule has 1 atom stereocenters. The Hall–Kier alpha value is -1.05. The van der Waals surface area contributed by atoms with Gasteiger partial charge in [-0.3, -0.25) is 4.90 Å². The van der Waals surface area contributed by atoms with Crippen LogP contribution in [0.15, 0.2) is 18.2 Å². The highest BCUT2D eigenvalue weighted by Gasteiger charge is 2.30. The van der Waals surface area contributed by atoms with Crippen molar-refractivity contribution < 1.29 is 17.2 Å². The Balaban J connectivity index is 1.47. The Labute approximate surface area is 135 Å². The largest absolute Gasteiger partial charge is 0.310 e. The van der Waals surface area contributed by atoms with Crippen LogP contribution in [-0.4, -0.2) is 50.0 Å². The van der Waals surface area contributed by atoms with E-state index < -0.39 is 21.5 Å². The van der Waals surface area contributed by atoms with Crippen LogP contribution in [0.2, 0.25) is 0 Å². The van der Waals surface area contributed by atoms with Gasteiger partial charge in [0, 0.05) is 24.7 Å². The Morgan fingerprint density at radius 3 is 2.26 bits per heavy atom. The van der Waals surface area contributed by atoms with E-state index in [2.05, 4.69) is 10.2 Å². The van der Waals surface area contributed by atoms with E-state index >= 15 is 0 Å². The van der Waals surface area contributed by atoms with Crippen molar-refractivity contribution in [2.24, 2.45) is 0 Å². The highest BCUT2D eigenvalue weighted by atomic mass is 32.2. The van der Waals surface area contributed by atoms with E-state index in [1.165, 1.54) is 12.1 Å². The molecular weight excluding hydrogens is 322 g/mol. The molecule has 1 N–H and O–H groups in total. The Morgan fingerprint density at radius 2 is 1.70 bits per heavy atom. The summed E-state index contributed by atoms with van der Waals surface area (Å²) in [5, 5.41) is 3.45. The van der Waals surface area contributed by atoms with Crippen molar-refractivity contribution >= 4 is 9.84 Å². The van der Waals surface area contributed by atoms with Gasteiger partial charge >= 0.3 is 0 Å². The summed E-state index contributed by atoms with van der Waals surface area (Å²) in [5.41, 5.74) is 0.649. The summed E-state index contributed by atoms with van der Waals surface area (Å²) in [6, 6.07) is 4.03. The number of rotatable bonds is 4. The first-order valence-corrected chi connectivity index (χ1v) is 9.85. The number of benzene rings is 1. The number of sulfone groups is 1. The molecule has 2 fully saturated rings. The van der Waals surface area contributed by atoms with E-state index in [1.54, 1.807) is 0 Å². The van der Waals surface area contributed by atoms with Gasteiger partial charge < -0.3 is 5.32 Å². The van der Waals surface area contributed by atoms with E-state index in [0.717, 1.165) is 32.0 Å². The standard InChI is InChI=1S/C16H22F2N2O2S/c17-13-7-12(8-14(18)9-13)10-20-4-1-15(2-5-20)19-16-3-6-23(21,22)11-16/h7-9,15-16,19H,1-6,10-11H2/t16-/m1/s1. The summed E-state index contributed by atoms with van der Waals surface area (Å²) in [7, 11) is -2.85. The van der Waals surface area contributed by atoms with E-state index in [-0.39, 0.29) is 17.5 Å². The van der Waals surface area contributed by atoms with Gasteiger partial charge in [0.1, 0.15) is 11.6 Å². The van der Waals surface area contributed by atoms with Crippen molar-refractivity contribution in [2.45, 2.75) is 37.9 Å². The zero-order chi connectivity index (χ0) is 16.4. The summed E-state index contributed by atoms with van der Waals surface area (Å²) < 4.78 is 49.4. The maximum Gasteiger partial charge on any atom is 0.151 e. The Kier molecular flexibility index (Phi) is 4.98. The SMILES string of the molecule is O=S1(=O)CC[C@@H](NC2CCN(Cc3cc(F)cc(F)c3)CC2)C1. The molecule has 0 bridgehead atoms. The minimum absolute atomic E-state index is 0.0777. The van der Waals surface area contributed by atoms with Gasteiger partial charge in [0.05, 0.1) is 11.5 Å². The molecule has 0 saturated carbocycles. The molecular formula is C16H22F2N2O2S. The van der Waals surface area contributed by atoms with Gasteiger partial charge in [0.15, 0.2) is 9.84 Å². The fraction of sp³-hybridized carbons (Fsp3) is 0.625. The number of piperidine rings is 1. The second-order valence-electron chi connectivity index (χ2n) is 6.59. The van der Waals surface area contributed by atoms with Crippen LogP contribution < -0.4 is 5.32 Å². The molecule has 4 nitrogen and oxygen atoms in total. The zero-order valence-electron chi connectivity index (χ0n) is 13.0. The third-order valence-electron chi connectivity index (χ3n) is 4.62. The van der Waals surface area contributed by atoms with E-state index in [9.17, 15) is 17.2 Å². The van der Waals surface area contributed by atoms with E-state index in [0.29, 0.717) is 24.6 Å². The predicted molar refractivity (Wildman–Crippen MR) is 84.9 cm³/mol. The quantitative estimate of drug-likeness (QED) is 0.903. The molecule has 7 heteroatoms. The predicted octanol–water partition coefficient (Wildman–Crippen LogP) is 1.71. The van der Waals surface area contributed by atoms with Gasteiger partial charge in [-0.05, 0) is 50.0 Å². The number of hydrogen-bond donors (Lipinski definition) is 1. The van der Waals surface area contributed by atoms with Crippen molar-refractivity contribution in [1.29, 1.82) is 0 Å². The molecule has 1 aromatic rings. The highest BCUT2D eigenvalue weighted by Crippen LogP contribution is 2.18. The molecule has 128 valence electrons. The molecule has 0 amide bonds. The first-order chi connectivity index (χ1) is 10.9. The summed E-state index contributed by atoms with van der Waals surface area (Å²) in [4.78, 5) is 2.18. The van der Waals surface area contributed by atoms with Crippen molar-refractivity contribution in [3.8, 4) is 0 Å². The van der Waals surface area contributed by atoms with Gasteiger partial charge in [-0.25, -0.2) is 17.2 Å². The third kappa shape index (κ3) is 4.71. The lowest BCUT2D eigenvalue weighted by Crippen LogP contribution is -2.46. The Morgan fingerprint density at radius 1 is 1.04 bits per heavy atom. The molecule has 0 spiro atoms. The maximum absolute atomic E-state index is 13.2. The van der Waals surface area contributed by atoms with Crippen molar-refractivity contribution in [2.75, 3.05) is 24.6 Å². The van der Waals surface area contributed by atoms with Crippen LogP contribution in [0.5, 0.6) is 0 Å². The fourth-order valence-corrected chi connectivity index (χ4v) is 5.16. The van der Waals surface area contributed by atoms with E-state index in [4.69, 9.17) is 0 Å². The minimum Gasteiger partial charge on any atom is -0.310 e. The van der Waals surface area contributed by atoms with Crippen molar-refractivity contribution in [3.05, 3.63) is 35.4 Å². The summed E-state index contributed by atoms with van der Waals surface area (Å²) >= 11 is 0. The minimum atomic E-state index is -2.85. The second kappa shape index (κ2) is 6.83. The number of likely N-dealkylation sites (tertiary alicyclic amines) is 1. The van der Waals surface area contributed by atoms with Gasteiger partial charge in [-0.1, -0.05) is 0 Å². The molecule has 0 radical (unpaired) electrons. The van der Waals surface area contributed by atoms with Gasteiger partial charge in [-0.15, -0.1) is 0 Å². The lowest BCUT2D eigenvalue weighted by molar-refractivity contribution is 0.185. The molecule has 0 aromatic heterocycles. The normalized spacial score (nSPS) is 25.7. The molecule has 2 saturated heterocycles. The number of halogens is 2. The average Bonchev–Trinajstić information content (AvgIpc) is 2.79. The molecule has 0 aliphatic carbocycles. The van der Waals surface area contributed by atoms with Crippen LogP contribution in [0.25, 0.3) is 0 Å². The van der Waals surface area contributed by atoms with Crippen LogP contribution in [0.1, 0.15) is 24.8 Å². The number of nitrogens with zero attached hydrogens (tertiary/aromatic N) is 1. The van der Waals surface area contributed by atoms with Crippen LogP contribution >= 0.6 is 0 Å².